The van der Waals surface area contributed by atoms with E-state index in [1.807, 2.05) is 60.0 Å². The number of thiophene rings is 1. The molecule has 0 aliphatic heterocycles. The normalized spacial score (nSPS) is 10.6. The number of rotatable bonds is 9. The Morgan fingerprint density at radius 1 is 0.920 bits per heavy atom. The lowest BCUT2D eigenvalue weighted by Gasteiger charge is -2.08. The molecule has 0 atom stereocenters. The van der Waals surface area contributed by atoms with E-state index in [2.05, 4.69) is 29.4 Å². The lowest BCUT2D eigenvalue weighted by Crippen LogP contribution is -2.12. The maximum Gasteiger partial charge on any atom is 0.213 e. The number of nitrogens with zero attached hydrogens (tertiary/aromatic N) is 1. The third kappa shape index (κ3) is 5.89. The highest BCUT2D eigenvalue weighted by atomic mass is 32.1. The van der Waals surface area contributed by atoms with Gasteiger partial charge in [-0.2, -0.15) is 0 Å². The molecule has 0 saturated carbocycles. The SMILES string of the molecule is Cc1ccc(CNCc2ccc(OCCOc3ccccc3)nc2)s1. The molecule has 5 heteroatoms. The summed E-state index contributed by atoms with van der Waals surface area (Å²) in [4.78, 5) is 7.03. The van der Waals surface area contributed by atoms with E-state index < -0.39 is 0 Å². The van der Waals surface area contributed by atoms with Gasteiger partial charge in [-0.3, -0.25) is 0 Å². The van der Waals surface area contributed by atoms with Gasteiger partial charge in [0.15, 0.2) is 0 Å². The largest absolute Gasteiger partial charge is 0.490 e. The maximum absolute atomic E-state index is 5.60. The van der Waals surface area contributed by atoms with Gasteiger partial charge in [-0.1, -0.05) is 24.3 Å². The molecule has 1 N–H and O–H groups in total. The van der Waals surface area contributed by atoms with Crippen molar-refractivity contribution in [2.75, 3.05) is 13.2 Å². The van der Waals surface area contributed by atoms with E-state index in [4.69, 9.17) is 9.47 Å². The van der Waals surface area contributed by atoms with Crippen molar-refractivity contribution in [1.29, 1.82) is 0 Å². The fourth-order valence-electron chi connectivity index (χ4n) is 2.33. The summed E-state index contributed by atoms with van der Waals surface area (Å²) in [7, 11) is 0. The van der Waals surface area contributed by atoms with E-state index in [1.54, 1.807) is 0 Å². The minimum absolute atomic E-state index is 0.469. The van der Waals surface area contributed by atoms with Crippen LogP contribution in [0.4, 0.5) is 0 Å². The van der Waals surface area contributed by atoms with Crippen LogP contribution in [0.15, 0.2) is 60.8 Å². The summed E-state index contributed by atoms with van der Waals surface area (Å²) >= 11 is 1.82. The summed E-state index contributed by atoms with van der Waals surface area (Å²) in [5.74, 6) is 1.47. The summed E-state index contributed by atoms with van der Waals surface area (Å²) in [5, 5.41) is 3.43. The van der Waals surface area contributed by atoms with Gasteiger partial charge in [0, 0.05) is 35.1 Å². The first kappa shape index (κ1) is 17.5. The third-order valence-electron chi connectivity index (χ3n) is 3.57. The highest BCUT2D eigenvalue weighted by Crippen LogP contribution is 2.15. The van der Waals surface area contributed by atoms with Gasteiger partial charge in [0.25, 0.3) is 0 Å². The number of ether oxygens (including phenoxy) is 2. The predicted molar refractivity (Wildman–Crippen MR) is 101 cm³/mol. The van der Waals surface area contributed by atoms with Crippen LogP contribution in [0, 0.1) is 6.92 Å². The van der Waals surface area contributed by atoms with Crippen molar-refractivity contribution >= 4 is 11.3 Å². The van der Waals surface area contributed by atoms with Crippen LogP contribution in [0.1, 0.15) is 15.3 Å². The molecule has 0 aliphatic carbocycles. The molecule has 4 nitrogen and oxygen atoms in total. The van der Waals surface area contributed by atoms with E-state index in [1.165, 1.54) is 9.75 Å². The molecule has 0 amide bonds. The van der Waals surface area contributed by atoms with Crippen LogP contribution in [0.3, 0.4) is 0 Å². The molecule has 2 heterocycles. The molecular weight excluding hydrogens is 332 g/mol. The van der Waals surface area contributed by atoms with Crippen molar-refractivity contribution in [3.8, 4) is 11.6 Å². The molecular formula is C20H22N2O2S. The standard InChI is InChI=1S/C20H22N2O2S/c1-16-7-9-19(25-16)15-21-13-17-8-10-20(22-14-17)24-12-11-23-18-5-3-2-4-6-18/h2-10,14,21H,11-13,15H2,1H3. The van der Waals surface area contributed by atoms with Crippen molar-refractivity contribution < 1.29 is 9.47 Å². The highest BCUT2D eigenvalue weighted by molar-refractivity contribution is 7.11. The van der Waals surface area contributed by atoms with Crippen molar-refractivity contribution in [2.24, 2.45) is 0 Å². The molecule has 0 fully saturated rings. The highest BCUT2D eigenvalue weighted by Gasteiger charge is 2.00. The molecule has 0 spiro atoms. The third-order valence-corrected chi connectivity index (χ3v) is 4.57. The zero-order chi connectivity index (χ0) is 17.3. The lowest BCUT2D eigenvalue weighted by atomic mass is 10.3. The van der Waals surface area contributed by atoms with Crippen LogP contribution < -0.4 is 14.8 Å². The maximum atomic E-state index is 5.60. The van der Waals surface area contributed by atoms with Gasteiger partial charge in [0.1, 0.15) is 19.0 Å². The summed E-state index contributed by atoms with van der Waals surface area (Å²) < 4.78 is 11.2. The number of aromatic nitrogens is 1. The van der Waals surface area contributed by atoms with Crippen LogP contribution in [0.5, 0.6) is 11.6 Å². The number of pyridine rings is 1. The van der Waals surface area contributed by atoms with Gasteiger partial charge in [-0.05, 0) is 36.8 Å². The average Bonchev–Trinajstić information content (AvgIpc) is 3.06. The number of benzene rings is 1. The topological polar surface area (TPSA) is 43.4 Å². The Morgan fingerprint density at radius 3 is 2.48 bits per heavy atom. The van der Waals surface area contributed by atoms with E-state index in [0.29, 0.717) is 19.1 Å². The van der Waals surface area contributed by atoms with Crippen LogP contribution in [-0.4, -0.2) is 18.2 Å². The number of para-hydroxylation sites is 1. The molecule has 0 bridgehead atoms. The van der Waals surface area contributed by atoms with Crippen molar-refractivity contribution in [2.45, 2.75) is 20.0 Å². The quantitative estimate of drug-likeness (QED) is 0.585. The van der Waals surface area contributed by atoms with Crippen molar-refractivity contribution in [1.82, 2.24) is 10.3 Å². The Morgan fingerprint density at radius 2 is 1.76 bits per heavy atom. The molecule has 25 heavy (non-hydrogen) atoms. The number of aryl methyl sites for hydroxylation is 1. The van der Waals surface area contributed by atoms with Gasteiger partial charge in [0.05, 0.1) is 0 Å². The van der Waals surface area contributed by atoms with Crippen molar-refractivity contribution in [3.05, 3.63) is 76.1 Å². The molecule has 0 saturated heterocycles. The molecule has 0 radical (unpaired) electrons. The Labute approximate surface area is 152 Å². The first-order valence-corrected chi connectivity index (χ1v) is 9.13. The molecule has 0 aliphatic rings. The monoisotopic (exact) mass is 354 g/mol. The number of hydrogen-bond donors (Lipinski definition) is 1. The Kier molecular flexibility index (Phi) is 6.42. The summed E-state index contributed by atoms with van der Waals surface area (Å²) in [6.45, 7) is 4.77. The van der Waals surface area contributed by atoms with Crippen LogP contribution in [0.25, 0.3) is 0 Å². The van der Waals surface area contributed by atoms with E-state index in [-0.39, 0.29) is 0 Å². The van der Waals surface area contributed by atoms with Crippen molar-refractivity contribution in [3.63, 3.8) is 0 Å². The Hall–Kier alpha value is -2.37. The zero-order valence-electron chi connectivity index (χ0n) is 14.3. The number of hydrogen-bond acceptors (Lipinski definition) is 5. The first-order valence-electron chi connectivity index (χ1n) is 8.31. The van der Waals surface area contributed by atoms with Crippen LogP contribution >= 0.6 is 11.3 Å². The smallest absolute Gasteiger partial charge is 0.213 e. The van der Waals surface area contributed by atoms with Gasteiger partial charge in [-0.25, -0.2) is 4.98 Å². The Bertz CT molecular complexity index is 757. The molecule has 3 aromatic rings. The van der Waals surface area contributed by atoms with Crippen LogP contribution in [0.2, 0.25) is 0 Å². The number of nitrogens with one attached hydrogen (secondary N) is 1. The molecule has 0 unspecified atom stereocenters. The van der Waals surface area contributed by atoms with E-state index in [0.717, 1.165) is 24.4 Å². The van der Waals surface area contributed by atoms with Gasteiger partial charge in [0.2, 0.25) is 5.88 Å². The Balaban J connectivity index is 1.35. The zero-order valence-corrected chi connectivity index (χ0v) is 15.1. The molecule has 1 aromatic carbocycles. The second kappa shape index (κ2) is 9.20. The molecule has 130 valence electrons. The molecule has 3 rings (SSSR count). The predicted octanol–water partition coefficient (Wildman–Crippen LogP) is 4.20. The van der Waals surface area contributed by atoms with Gasteiger partial charge >= 0.3 is 0 Å². The summed E-state index contributed by atoms with van der Waals surface area (Å²) in [6.07, 6.45) is 1.85. The second-order valence-corrected chi connectivity index (χ2v) is 7.00. The minimum Gasteiger partial charge on any atom is -0.490 e. The van der Waals surface area contributed by atoms with E-state index >= 15 is 0 Å². The summed E-state index contributed by atoms with van der Waals surface area (Å²) in [6, 6.07) is 18.0. The first-order chi connectivity index (χ1) is 12.3. The fourth-order valence-corrected chi connectivity index (χ4v) is 3.19. The summed E-state index contributed by atoms with van der Waals surface area (Å²) in [5.41, 5.74) is 1.14. The van der Waals surface area contributed by atoms with Crippen LogP contribution in [-0.2, 0) is 13.1 Å². The van der Waals surface area contributed by atoms with Gasteiger partial charge in [-0.15, -0.1) is 11.3 Å². The fraction of sp³-hybridized carbons (Fsp3) is 0.250. The second-order valence-electron chi connectivity index (χ2n) is 5.63. The minimum atomic E-state index is 0.469. The lowest BCUT2D eigenvalue weighted by molar-refractivity contribution is 0.212. The average molecular weight is 354 g/mol. The molecule has 2 aromatic heterocycles. The van der Waals surface area contributed by atoms with E-state index in [9.17, 15) is 0 Å². The van der Waals surface area contributed by atoms with Gasteiger partial charge < -0.3 is 14.8 Å².